The molecule has 1 aromatic heterocycles. The van der Waals surface area contributed by atoms with E-state index in [0.29, 0.717) is 64.6 Å². The zero-order valence-corrected chi connectivity index (χ0v) is 44.5. The topological polar surface area (TPSA) is 72.9 Å². The molecule has 7 rings (SSSR count). The molecule has 6 aromatic rings. The number of hydrogen-bond donors (Lipinski definition) is 2. The van der Waals surface area contributed by atoms with Crippen molar-refractivity contribution >= 4 is 79.7 Å². The second-order valence-corrected chi connectivity index (χ2v) is 23.4. The number of aromatic nitrogens is 1. The Kier molecular flexibility index (Phi) is 18.2. The molecule has 1 fully saturated rings. The summed E-state index contributed by atoms with van der Waals surface area (Å²) in [5.74, 6) is 0.708. The lowest BCUT2D eigenvalue weighted by Gasteiger charge is -2.37. The van der Waals surface area contributed by atoms with Gasteiger partial charge in [0.05, 0.1) is 32.0 Å². The number of benzene rings is 5. The third kappa shape index (κ3) is 13.5. The molecule has 0 spiro atoms. The molecule has 1 saturated heterocycles. The molecule has 374 valence electrons. The van der Waals surface area contributed by atoms with Crippen molar-refractivity contribution in [3.63, 3.8) is 0 Å². The van der Waals surface area contributed by atoms with Crippen LogP contribution in [0.1, 0.15) is 45.9 Å². The molecule has 2 N–H and O–H groups in total. The maximum absolute atomic E-state index is 15.7. The van der Waals surface area contributed by atoms with Crippen LogP contribution in [0.2, 0.25) is 5.02 Å². The van der Waals surface area contributed by atoms with Crippen LogP contribution < -0.4 is 19.8 Å². The van der Waals surface area contributed by atoms with Gasteiger partial charge >= 0.3 is 5.51 Å². The Hall–Kier alpha value is -4.45. The summed E-state index contributed by atoms with van der Waals surface area (Å²) in [6.07, 6.45) is 2.35. The van der Waals surface area contributed by atoms with Crippen molar-refractivity contribution < 1.29 is 26.0 Å². The van der Waals surface area contributed by atoms with Crippen LogP contribution in [-0.4, -0.2) is 87.8 Å². The molecule has 2 heterocycles. The van der Waals surface area contributed by atoms with Crippen molar-refractivity contribution in [2.45, 2.75) is 78.2 Å². The van der Waals surface area contributed by atoms with E-state index in [1.165, 1.54) is 12.1 Å². The highest BCUT2D eigenvalue weighted by atomic mass is 35.5. The predicted octanol–water partition coefficient (Wildman–Crippen LogP) is 13.9. The van der Waals surface area contributed by atoms with Crippen molar-refractivity contribution in [3.05, 3.63) is 132 Å². The van der Waals surface area contributed by atoms with Gasteiger partial charge in [0.25, 0.3) is 0 Å². The van der Waals surface area contributed by atoms with E-state index in [2.05, 4.69) is 57.0 Å². The second kappa shape index (κ2) is 23.8. The maximum atomic E-state index is 15.7. The molecule has 1 aliphatic heterocycles. The van der Waals surface area contributed by atoms with Gasteiger partial charge in [-0.15, -0.1) is 11.8 Å². The van der Waals surface area contributed by atoms with Gasteiger partial charge in [-0.1, -0.05) is 55.8 Å². The van der Waals surface area contributed by atoms with Crippen molar-refractivity contribution in [3.8, 4) is 22.4 Å². The molecule has 17 heteroatoms. The molecule has 1 aliphatic rings. The minimum atomic E-state index is -4.94. The number of halogens is 5. The summed E-state index contributed by atoms with van der Waals surface area (Å²) < 4.78 is 90.0. The van der Waals surface area contributed by atoms with Gasteiger partial charge in [0.1, 0.15) is 5.82 Å². The average molecular weight is 1050 g/mol. The minimum Gasteiger partial charge on any atom is -0.380 e. The van der Waals surface area contributed by atoms with Crippen LogP contribution in [0.3, 0.4) is 0 Å². The van der Waals surface area contributed by atoms with Gasteiger partial charge in [0.15, 0.2) is 10.8 Å². The number of anilines is 4. The Morgan fingerprint density at radius 3 is 2.07 bits per heavy atom. The summed E-state index contributed by atoms with van der Waals surface area (Å²) >= 11 is 9.07. The van der Waals surface area contributed by atoms with E-state index >= 15 is 4.39 Å². The van der Waals surface area contributed by atoms with Crippen LogP contribution in [0.5, 0.6) is 0 Å². The van der Waals surface area contributed by atoms with Crippen LogP contribution in [0, 0.1) is 18.7 Å². The number of alkyl halides is 3. The predicted molar refractivity (Wildman–Crippen MR) is 289 cm³/mol. The van der Waals surface area contributed by atoms with E-state index in [1.807, 2.05) is 98.9 Å². The highest BCUT2D eigenvalue weighted by Gasteiger charge is 2.40. The standard InChI is InChI=1S/C53H61ClF4N6O2S4/c1-35(2)33-61(6)24-23-43(34-67-46-11-9-8-10-12-46)59-48-22-21-47(32-49(48)70(66)53(56,57)58)68-60-42-17-19-44(20-18-42)62-25-27-63(28-26-62)45-30-39(29-41(55)31-45)50-51(38-13-15-40(54)16-14-38)64(36(3)4)37(5)52(50)69(7)65/h8-22,29-32,35-36,43,59-60H,23-28,33-34H2,1-7H3. The number of piperazine rings is 1. The van der Waals surface area contributed by atoms with Crippen LogP contribution >= 0.6 is 35.3 Å². The van der Waals surface area contributed by atoms with Crippen LogP contribution in [-0.2, 0) is 21.6 Å². The Balaban J connectivity index is 1.03. The third-order valence-corrected chi connectivity index (χ3v) is 16.6. The fourth-order valence-corrected chi connectivity index (χ4v) is 12.7. The van der Waals surface area contributed by atoms with Gasteiger partial charge in [-0.2, -0.15) is 13.2 Å². The Bertz CT molecular complexity index is 2750. The summed E-state index contributed by atoms with van der Waals surface area (Å²) in [5, 5.41) is 3.96. The summed E-state index contributed by atoms with van der Waals surface area (Å²) in [6, 6.07) is 34.9. The van der Waals surface area contributed by atoms with Crippen LogP contribution in [0.15, 0.2) is 135 Å². The Morgan fingerprint density at radius 1 is 0.800 bits per heavy atom. The molecule has 3 unspecified atom stereocenters. The SMILES string of the molecule is Cc1c(S(C)=O)c(-c2cc(F)cc(N3CCN(c4ccc(NSc5ccc(NC(CCN(C)CC(C)C)CSc6ccccc6)c(S(=O)C(F)(F)F)c5)cc4)CC3)c2)c(-c2ccc(Cl)cc2)n1C(C)C. The molecule has 70 heavy (non-hydrogen) atoms. The zero-order valence-electron chi connectivity index (χ0n) is 40.5. The summed E-state index contributed by atoms with van der Waals surface area (Å²) in [4.78, 5) is 8.58. The fourth-order valence-electron chi connectivity index (χ4n) is 9.01. The molecule has 3 atom stereocenters. The molecule has 0 bridgehead atoms. The van der Waals surface area contributed by atoms with Gasteiger partial charge in [-0.3, -0.25) is 4.21 Å². The average Bonchev–Trinajstić information content (AvgIpc) is 3.65. The fraction of sp³-hybridized carbons (Fsp3) is 0.358. The largest absolute Gasteiger partial charge is 0.475 e. The first-order valence-corrected chi connectivity index (χ1v) is 28.2. The summed E-state index contributed by atoms with van der Waals surface area (Å²) in [6.45, 7) is 14.7. The van der Waals surface area contributed by atoms with E-state index in [-0.39, 0.29) is 28.5 Å². The molecule has 0 amide bonds. The monoisotopic (exact) mass is 1050 g/mol. The van der Waals surface area contributed by atoms with E-state index in [1.54, 1.807) is 36.2 Å². The Morgan fingerprint density at radius 2 is 1.46 bits per heavy atom. The number of thioether (sulfide) groups is 1. The van der Waals surface area contributed by atoms with Gasteiger partial charge in [0, 0.05) is 99.9 Å². The third-order valence-electron chi connectivity index (χ3n) is 12.1. The molecular weight excluding hydrogens is 992 g/mol. The summed E-state index contributed by atoms with van der Waals surface area (Å²) in [7, 11) is -2.57. The smallest absolute Gasteiger partial charge is 0.380 e. The molecule has 0 aliphatic carbocycles. The van der Waals surface area contributed by atoms with Crippen LogP contribution in [0.4, 0.5) is 40.3 Å². The van der Waals surface area contributed by atoms with Crippen LogP contribution in [0.25, 0.3) is 22.4 Å². The van der Waals surface area contributed by atoms with Crippen molar-refractivity contribution in [2.75, 3.05) is 78.2 Å². The first-order valence-electron chi connectivity index (χ1n) is 23.3. The maximum Gasteiger partial charge on any atom is 0.475 e. The lowest BCUT2D eigenvalue weighted by Crippen LogP contribution is -2.46. The summed E-state index contributed by atoms with van der Waals surface area (Å²) in [5.41, 5.74) is 1.81. The van der Waals surface area contributed by atoms with Crippen molar-refractivity contribution in [1.29, 1.82) is 0 Å². The first kappa shape index (κ1) is 53.4. The molecule has 5 aromatic carbocycles. The lowest BCUT2D eigenvalue weighted by atomic mass is 9.99. The molecular formula is C53H61ClF4N6O2S4. The minimum absolute atomic E-state index is 0.0467. The number of nitrogens with one attached hydrogen (secondary N) is 2. The van der Waals surface area contributed by atoms with Crippen molar-refractivity contribution in [2.24, 2.45) is 5.92 Å². The van der Waals surface area contributed by atoms with Crippen molar-refractivity contribution in [1.82, 2.24) is 9.47 Å². The second-order valence-electron chi connectivity index (χ2n) is 18.3. The Labute approximate surface area is 429 Å². The molecule has 0 radical (unpaired) electrons. The quantitative estimate of drug-likeness (QED) is 0.0442. The molecule has 8 nitrogen and oxygen atoms in total. The number of nitrogens with zero attached hydrogens (tertiary/aromatic N) is 4. The highest BCUT2D eigenvalue weighted by molar-refractivity contribution is 8.00. The van der Waals surface area contributed by atoms with Gasteiger partial charge in [-0.25, -0.2) is 8.60 Å². The highest BCUT2D eigenvalue weighted by Crippen LogP contribution is 2.44. The van der Waals surface area contributed by atoms with Gasteiger partial charge in [0.2, 0.25) is 0 Å². The van der Waals surface area contributed by atoms with E-state index in [0.717, 1.165) is 69.5 Å². The number of rotatable bonds is 20. The van der Waals surface area contributed by atoms with E-state index in [9.17, 15) is 21.6 Å². The normalized spacial score (nSPS) is 14.7. The van der Waals surface area contributed by atoms with E-state index < -0.39 is 27.1 Å². The lowest BCUT2D eigenvalue weighted by molar-refractivity contribution is -0.0384. The van der Waals surface area contributed by atoms with Gasteiger partial charge in [-0.05, 0) is 155 Å². The zero-order chi connectivity index (χ0) is 50.3. The molecule has 0 saturated carbocycles. The first-order chi connectivity index (χ1) is 33.4. The van der Waals surface area contributed by atoms with E-state index in [4.69, 9.17) is 11.6 Å². The van der Waals surface area contributed by atoms with Gasteiger partial charge < -0.3 is 29.3 Å². The number of hydrogen-bond acceptors (Lipinski definition) is 9.